The van der Waals surface area contributed by atoms with Gasteiger partial charge in [0.05, 0.1) is 0 Å². The van der Waals surface area contributed by atoms with Gasteiger partial charge in [-0.25, -0.2) is 4.39 Å². The SMILES string of the molecule is C/C=C(\C)CNc1ccc(F)cc1. The van der Waals surface area contributed by atoms with Gasteiger partial charge in [0.2, 0.25) is 0 Å². The number of rotatable bonds is 3. The smallest absolute Gasteiger partial charge is 0.123 e. The predicted molar refractivity (Wildman–Crippen MR) is 54.3 cm³/mol. The average molecular weight is 179 g/mol. The minimum Gasteiger partial charge on any atom is -0.381 e. The molecule has 1 nitrogen and oxygen atoms in total. The molecule has 1 N–H and O–H groups in total. The monoisotopic (exact) mass is 179 g/mol. The molecule has 70 valence electrons. The van der Waals surface area contributed by atoms with E-state index >= 15 is 0 Å². The van der Waals surface area contributed by atoms with Crippen LogP contribution in [0.25, 0.3) is 0 Å². The minimum atomic E-state index is -0.201. The second-order valence-corrected chi connectivity index (χ2v) is 3.00. The maximum atomic E-state index is 12.5. The van der Waals surface area contributed by atoms with Crippen LogP contribution in [0.2, 0.25) is 0 Å². The molecular weight excluding hydrogens is 165 g/mol. The first-order valence-corrected chi connectivity index (χ1v) is 4.33. The van der Waals surface area contributed by atoms with Crippen molar-refractivity contribution >= 4 is 5.69 Å². The van der Waals surface area contributed by atoms with Crippen LogP contribution in [-0.2, 0) is 0 Å². The molecule has 0 aliphatic heterocycles. The Labute approximate surface area is 78.3 Å². The van der Waals surface area contributed by atoms with Crippen LogP contribution < -0.4 is 5.32 Å². The lowest BCUT2D eigenvalue weighted by atomic mass is 10.2. The van der Waals surface area contributed by atoms with Gasteiger partial charge in [0.1, 0.15) is 5.82 Å². The van der Waals surface area contributed by atoms with Crippen molar-refractivity contribution in [3.8, 4) is 0 Å². The lowest BCUT2D eigenvalue weighted by Gasteiger charge is -2.05. The fourth-order valence-electron chi connectivity index (χ4n) is 0.911. The van der Waals surface area contributed by atoms with Crippen LogP contribution in [0.4, 0.5) is 10.1 Å². The Hall–Kier alpha value is -1.31. The van der Waals surface area contributed by atoms with Crippen molar-refractivity contribution in [2.24, 2.45) is 0 Å². The number of benzene rings is 1. The van der Waals surface area contributed by atoms with E-state index in [0.717, 1.165) is 12.2 Å². The van der Waals surface area contributed by atoms with Crippen LogP contribution in [0.1, 0.15) is 13.8 Å². The second-order valence-electron chi connectivity index (χ2n) is 3.00. The summed E-state index contributed by atoms with van der Waals surface area (Å²) in [6.07, 6.45) is 2.05. The highest BCUT2D eigenvalue weighted by atomic mass is 19.1. The summed E-state index contributed by atoms with van der Waals surface area (Å²) in [4.78, 5) is 0. The van der Waals surface area contributed by atoms with Crippen molar-refractivity contribution in [1.82, 2.24) is 0 Å². The van der Waals surface area contributed by atoms with Crippen LogP contribution >= 0.6 is 0 Å². The van der Waals surface area contributed by atoms with E-state index in [4.69, 9.17) is 0 Å². The van der Waals surface area contributed by atoms with E-state index in [1.807, 2.05) is 6.92 Å². The number of nitrogens with one attached hydrogen (secondary N) is 1. The van der Waals surface area contributed by atoms with Gasteiger partial charge < -0.3 is 5.32 Å². The molecular formula is C11H14FN. The number of allylic oxidation sites excluding steroid dienone is 1. The Bertz CT molecular complexity index is 287. The first-order valence-electron chi connectivity index (χ1n) is 4.33. The molecule has 0 fully saturated rings. The third kappa shape index (κ3) is 3.28. The van der Waals surface area contributed by atoms with Gasteiger partial charge in [-0.3, -0.25) is 0 Å². The zero-order chi connectivity index (χ0) is 9.68. The molecule has 13 heavy (non-hydrogen) atoms. The zero-order valence-corrected chi connectivity index (χ0v) is 7.97. The molecule has 1 rings (SSSR count). The van der Waals surface area contributed by atoms with Gasteiger partial charge in [-0.2, -0.15) is 0 Å². The van der Waals surface area contributed by atoms with Crippen LogP contribution in [-0.4, -0.2) is 6.54 Å². The molecule has 0 saturated carbocycles. The summed E-state index contributed by atoms with van der Waals surface area (Å²) in [5.41, 5.74) is 2.21. The van der Waals surface area contributed by atoms with Crippen LogP contribution in [0.15, 0.2) is 35.9 Å². The highest BCUT2D eigenvalue weighted by molar-refractivity contribution is 5.43. The molecule has 0 heterocycles. The summed E-state index contributed by atoms with van der Waals surface area (Å²) in [7, 11) is 0. The van der Waals surface area contributed by atoms with Crippen molar-refractivity contribution in [2.45, 2.75) is 13.8 Å². The summed E-state index contributed by atoms with van der Waals surface area (Å²) in [5.74, 6) is -0.201. The van der Waals surface area contributed by atoms with E-state index in [-0.39, 0.29) is 5.82 Å². The standard InChI is InChI=1S/C11H14FN/c1-3-9(2)8-13-11-6-4-10(12)5-7-11/h3-7,13H,8H2,1-2H3/b9-3+. The molecule has 1 aromatic carbocycles. The number of hydrogen-bond acceptors (Lipinski definition) is 1. The first kappa shape index (κ1) is 9.78. The van der Waals surface area contributed by atoms with Gasteiger partial charge in [0.25, 0.3) is 0 Å². The lowest BCUT2D eigenvalue weighted by molar-refractivity contribution is 0.628. The summed E-state index contributed by atoms with van der Waals surface area (Å²) in [5, 5.41) is 3.19. The molecule has 2 heteroatoms. The van der Waals surface area contributed by atoms with Gasteiger partial charge in [-0.05, 0) is 38.1 Å². The highest BCUT2D eigenvalue weighted by Gasteiger charge is 1.92. The third-order valence-corrected chi connectivity index (χ3v) is 1.91. The van der Waals surface area contributed by atoms with Gasteiger partial charge in [0.15, 0.2) is 0 Å². The van der Waals surface area contributed by atoms with Crippen molar-refractivity contribution in [3.05, 3.63) is 41.7 Å². The van der Waals surface area contributed by atoms with E-state index < -0.39 is 0 Å². The quantitative estimate of drug-likeness (QED) is 0.702. The maximum absolute atomic E-state index is 12.5. The van der Waals surface area contributed by atoms with Gasteiger partial charge in [-0.1, -0.05) is 11.6 Å². The predicted octanol–water partition coefficient (Wildman–Crippen LogP) is 3.20. The maximum Gasteiger partial charge on any atom is 0.123 e. The largest absolute Gasteiger partial charge is 0.381 e. The molecule has 0 aliphatic rings. The number of halogens is 1. The van der Waals surface area contributed by atoms with Gasteiger partial charge in [-0.15, -0.1) is 0 Å². The molecule has 0 aliphatic carbocycles. The van der Waals surface area contributed by atoms with Crippen molar-refractivity contribution < 1.29 is 4.39 Å². The Morgan fingerprint density at radius 3 is 2.54 bits per heavy atom. The average Bonchev–Trinajstić information content (AvgIpc) is 2.16. The summed E-state index contributed by atoms with van der Waals surface area (Å²) < 4.78 is 12.5. The first-order chi connectivity index (χ1) is 6.22. The van der Waals surface area contributed by atoms with Crippen molar-refractivity contribution in [1.29, 1.82) is 0 Å². The van der Waals surface area contributed by atoms with Crippen molar-refractivity contribution in [2.75, 3.05) is 11.9 Å². The summed E-state index contributed by atoms with van der Waals surface area (Å²) in [6, 6.07) is 6.37. The molecule has 0 saturated heterocycles. The molecule has 0 atom stereocenters. The normalized spacial score (nSPS) is 11.5. The highest BCUT2D eigenvalue weighted by Crippen LogP contribution is 2.08. The second kappa shape index (κ2) is 4.65. The van der Waals surface area contributed by atoms with Crippen LogP contribution in [0, 0.1) is 5.82 Å². The third-order valence-electron chi connectivity index (χ3n) is 1.91. The molecule has 0 bridgehead atoms. The molecule has 0 unspecified atom stereocenters. The topological polar surface area (TPSA) is 12.0 Å². The van der Waals surface area contributed by atoms with Crippen LogP contribution in [0.5, 0.6) is 0 Å². The Morgan fingerprint density at radius 2 is 2.00 bits per heavy atom. The molecule has 0 amide bonds. The van der Waals surface area contributed by atoms with E-state index in [9.17, 15) is 4.39 Å². The Morgan fingerprint density at radius 1 is 1.38 bits per heavy atom. The van der Waals surface area contributed by atoms with E-state index in [0.29, 0.717) is 0 Å². The molecule has 1 aromatic rings. The minimum absolute atomic E-state index is 0.201. The molecule has 0 radical (unpaired) electrons. The van der Waals surface area contributed by atoms with Crippen LogP contribution in [0.3, 0.4) is 0 Å². The molecule has 0 aromatic heterocycles. The summed E-state index contributed by atoms with van der Waals surface area (Å²) in [6.45, 7) is 4.86. The Balaban J connectivity index is 2.51. The summed E-state index contributed by atoms with van der Waals surface area (Å²) >= 11 is 0. The number of anilines is 1. The van der Waals surface area contributed by atoms with E-state index in [1.165, 1.54) is 17.7 Å². The van der Waals surface area contributed by atoms with Gasteiger partial charge in [0, 0.05) is 12.2 Å². The van der Waals surface area contributed by atoms with E-state index in [1.54, 1.807) is 12.1 Å². The number of hydrogen-bond donors (Lipinski definition) is 1. The fourth-order valence-corrected chi connectivity index (χ4v) is 0.911. The van der Waals surface area contributed by atoms with Crippen molar-refractivity contribution in [3.63, 3.8) is 0 Å². The Kier molecular flexibility index (Phi) is 3.50. The lowest BCUT2D eigenvalue weighted by Crippen LogP contribution is -2.02. The fraction of sp³-hybridized carbons (Fsp3) is 0.273. The van der Waals surface area contributed by atoms with E-state index in [2.05, 4.69) is 18.3 Å². The van der Waals surface area contributed by atoms with Gasteiger partial charge >= 0.3 is 0 Å². The molecule has 0 spiro atoms. The zero-order valence-electron chi connectivity index (χ0n) is 7.97.